The van der Waals surface area contributed by atoms with Crippen molar-refractivity contribution in [3.63, 3.8) is 0 Å². The molecule has 0 heterocycles. The predicted octanol–water partition coefficient (Wildman–Crippen LogP) is 2.80. The Morgan fingerprint density at radius 2 is 1.80 bits per heavy atom. The average Bonchev–Trinajstić information content (AvgIpc) is 2.23. The molecule has 0 spiro atoms. The summed E-state index contributed by atoms with van der Waals surface area (Å²) in [7, 11) is 1.38. The highest BCUT2D eigenvalue weighted by atomic mass is 16.5. The number of esters is 1. The molecule has 0 aliphatic rings. The van der Waals surface area contributed by atoms with E-state index in [4.69, 9.17) is 0 Å². The first-order chi connectivity index (χ1) is 7.06. The van der Waals surface area contributed by atoms with Crippen molar-refractivity contribution < 1.29 is 9.53 Å². The fraction of sp³-hybridized carbons (Fsp3) is 0.308. The molecular weight excluding hydrogens is 188 g/mol. The Kier molecular flexibility index (Phi) is 3.67. The molecule has 0 N–H and O–H groups in total. The van der Waals surface area contributed by atoms with Crippen LogP contribution in [0.25, 0.3) is 6.08 Å². The SMILES string of the molecule is COC(=O)/C=C/c1c(C)ccc(C)c1C. The van der Waals surface area contributed by atoms with Crippen LogP contribution in [0.3, 0.4) is 0 Å². The largest absolute Gasteiger partial charge is 0.466 e. The van der Waals surface area contributed by atoms with E-state index in [0.717, 1.165) is 5.56 Å². The van der Waals surface area contributed by atoms with Gasteiger partial charge in [0, 0.05) is 6.08 Å². The van der Waals surface area contributed by atoms with Crippen LogP contribution in [0.4, 0.5) is 0 Å². The molecule has 1 aromatic rings. The third-order valence-electron chi connectivity index (χ3n) is 2.59. The van der Waals surface area contributed by atoms with Crippen LogP contribution < -0.4 is 0 Å². The molecule has 0 saturated heterocycles. The smallest absolute Gasteiger partial charge is 0.330 e. The zero-order valence-electron chi connectivity index (χ0n) is 9.63. The van der Waals surface area contributed by atoms with Gasteiger partial charge in [-0.3, -0.25) is 0 Å². The van der Waals surface area contributed by atoms with Gasteiger partial charge in [-0.15, -0.1) is 0 Å². The van der Waals surface area contributed by atoms with Gasteiger partial charge in [-0.1, -0.05) is 12.1 Å². The van der Waals surface area contributed by atoms with Crippen LogP contribution in [-0.4, -0.2) is 13.1 Å². The van der Waals surface area contributed by atoms with Crippen molar-refractivity contribution >= 4 is 12.0 Å². The summed E-state index contributed by atoms with van der Waals surface area (Å²) in [5.74, 6) is -0.324. The molecule has 2 heteroatoms. The van der Waals surface area contributed by atoms with E-state index in [2.05, 4.69) is 30.7 Å². The summed E-state index contributed by atoms with van der Waals surface area (Å²) in [4.78, 5) is 11.0. The van der Waals surface area contributed by atoms with Crippen molar-refractivity contribution in [2.45, 2.75) is 20.8 Å². The zero-order valence-corrected chi connectivity index (χ0v) is 9.63. The average molecular weight is 204 g/mol. The molecule has 15 heavy (non-hydrogen) atoms. The van der Waals surface area contributed by atoms with Gasteiger partial charge in [-0.2, -0.15) is 0 Å². The van der Waals surface area contributed by atoms with Crippen molar-refractivity contribution in [3.05, 3.63) is 40.5 Å². The van der Waals surface area contributed by atoms with E-state index in [0.29, 0.717) is 0 Å². The summed E-state index contributed by atoms with van der Waals surface area (Å²) in [6, 6.07) is 4.14. The minimum atomic E-state index is -0.324. The van der Waals surface area contributed by atoms with E-state index >= 15 is 0 Å². The van der Waals surface area contributed by atoms with Gasteiger partial charge in [-0.05, 0) is 49.1 Å². The number of ether oxygens (including phenoxy) is 1. The van der Waals surface area contributed by atoms with E-state index in [-0.39, 0.29) is 5.97 Å². The Morgan fingerprint density at radius 3 is 2.40 bits per heavy atom. The normalized spacial score (nSPS) is 10.7. The van der Waals surface area contributed by atoms with Crippen LogP contribution in [0, 0.1) is 20.8 Å². The standard InChI is InChI=1S/C13H16O2/c1-9-5-6-10(2)12(11(9)3)7-8-13(14)15-4/h5-8H,1-4H3/b8-7+. The number of benzene rings is 1. The second kappa shape index (κ2) is 4.78. The van der Waals surface area contributed by atoms with Crippen molar-refractivity contribution in [1.29, 1.82) is 0 Å². The van der Waals surface area contributed by atoms with Gasteiger partial charge in [-0.25, -0.2) is 4.79 Å². The molecule has 0 saturated carbocycles. The van der Waals surface area contributed by atoms with Crippen LogP contribution in [0.5, 0.6) is 0 Å². The van der Waals surface area contributed by atoms with Gasteiger partial charge in [0.15, 0.2) is 0 Å². The van der Waals surface area contributed by atoms with Crippen LogP contribution in [0.15, 0.2) is 18.2 Å². The maximum atomic E-state index is 11.0. The van der Waals surface area contributed by atoms with E-state index in [1.807, 2.05) is 13.0 Å². The van der Waals surface area contributed by atoms with Crippen LogP contribution in [-0.2, 0) is 9.53 Å². The molecule has 0 fully saturated rings. The van der Waals surface area contributed by atoms with Crippen LogP contribution in [0.2, 0.25) is 0 Å². The summed E-state index contributed by atoms with van der Waals surface area (Å²) in [5, 5.41) is 0. The molecular formula is C13H16O2. The number of carbonyl (C=O) groups excluding carboxylic acids is 1. The second-order valence-electron chi connectivity index (χ2n) is 3.59. The maximum Gasteiger partial charge on any atom is 0.330 e. The van der Waals surface area contributed by atoms with Crippen molar-refractivity contribution in [3.8, 4) is 0 Å². The number of hydrogen-bond acceptors (Lipinski definition) is 2. The molecule has 0 atom stereocenters. The predicted molar refractivity (Wildman–Crippen MR) is 61.7 cm³/mol. The summed E-state index contributed by atoms with van der Waals surface area (Å²) in [6.45, 7) is 6.15. The van der Waals surface area contributed by atoms with E-state index in [9.17, 15) is 4.79 Å². The van der Waals surface area contributed by atoms with Crippen molar-refractivity contribution in [1.82, 2.24) is 0 Å². The minimum absolute atomic E-state index is 0.324. The molecule has 80 valence electrons. The molecule has 0 unspecified atom stereocenters. The fourth-order valence-electron chi connectivity index (χ4n) is 1.45. The van der Waals surface area contributed by atoms with Gasteiger partial charge in [0.05, 0.1) is 7.11 Å². The molecule has 0 aromatic heterocycles. The van der Waals surface area contributed by atoms with Gasteiger partial charge in [0.1, 0.15) is 0 Å². The number of methoxy groups -OCH3 is 1. The third kappa shape index (κ3) is 2.69. The van der Waals surface area contributed by atoms with E-state index in [1.165, 1.54) is 29.9 Å². The Bertz CT molecular complexity index is 403. The molecule has 1 rings (SSSR count). The summed E-state index contributed by atoms with van der Waals surface area (Å²) in [5.41, 5.74) is 4.69. The lowest BCUT2D eigenvalue weighted by molar-refractivity contribution is -0.134. The molecule has 0 amide bonds. The van der Waals surface area contributed by atoms with Gasteiger partial charge >= 0.3 is 5.97 Å². The summed E-state index contributed by atoms with van der Waals surface area (Å²) < 4.78 is 4.56. The first kappa shape index (κ1) is 11.5. The lowest BCUT2D eigenvalue weighted by Crippen LogP contribution is -1.95. The highest BCUT2D eigenvalue weighted by molar-refractivity contribution is 5.87. The lowest BCUT2D eigenvalue weighted by Gasteiger charge is -2.07. The number of rotatable bonds is 2. The molecule has 2 nitrogen and oxygen atoms in total. The zero-order chi connectivity index (χ0) is 11.4. The second-order valence-corrected chi connectivity index (χ2v) is 3.59. The van der Waals surface area contributed by atoms with Crippen molar-refractivity contribution in [2.75, 3.05) is 7.11 Å². The number of aryl methyl sites for hydroxylation is 2. The molecule has 1 aromatic carbocycles. The topological polar surface area (TPSA) is 26.3 Å². The monoisotopic (exact) mass is 204 g/mol. The van der Waals surface area contributed by atoms with Gasteiger partial charge in [0.2, 0.25) is 0 Å². The fourth-order valence-corrected chi connectivity index (χ4v) is 1.45. The Hall–Kier alpha value is -1.57. The first-order valence-electron chi connectivity index (χ1n) is 4.89. The molecule has 0 radical (unpaired) electrons. The quantitative estimate of drug-likeness (QED) is 0.547. The lowest BCUT2D eigenvalue weighted by atomic mass is 9.98. The highest BCUT2D eigenvalue weighted by Crippen LogP contribution is 2.18. The first-order valence-corrected chi connectivity index (χ1v) is 4.89. The highest BCUT2D eigenvalue weighted by Gasteiger charge is 2.02. The van der Waals surface area contributed by atoms with Gasteiger partial charge in [0.25, 0.3) is 0 Å². The van der Waals surface area contributed by atoms with Gasteiger partial charge < -0.3 is 4.74 Å². The third-order valence-corrected chi connectivity index (χ3v) is 2.59. The summed E-state index contributed by atoms with van der Waals surface area (Å²) in [6.07, 6.45) is 3.26. The molecule has 0 aliphatic carbocycles. The maximum absolute atomic E-state index is 11.0. The van der Waals surface area contributed by atoms with E-state index < -0.39 is 0 Å². The van der Waals surface area contributed by atoms with E-state index in [1.54, 1.807) is 0 Å². The van der Waals surface area contributed by atoms with Crippen molar-refractivity contribution in [2.24, 2.45) is 0 Å². The number of carbonyl (C=O) groups is 1. The minimum Gasteiger partial charge on any atom is -0.466 e. The Labute approximate surface area is 90.6 Å². The Balaban J connectivity index is 3.09. The Morgan fingerprint density at radius 1 is 1.20 bits per heavy atom. The van der Waals surface area contributed by atoms with Crippen LogP contribution in [0.1, 0.15) is 22.3 Å². The number of hydrogen-bond donors (Lipinski definition) is 0. The molecule has 0 aliphatic heterocycles. The van der Waals surface area contributed by atoms with Crippen LogP contribution >= 0.6 is 0 Å². The summed E-state index contributed by atoms with van der Waals surface area (Å²) >= 11 is 0. The molecule has 0 bridgehead atoms.